The van der Waals surface area contributed by atoms with Gasteiger partial charge in [0.15, 0.2) is 0 Å². The number of benzene rings is 1. The van der Waals surface area contributed by atoms with Gasteiger partial charge in [-0.05, 0) is 50.8 Å². The highest BCUT2D eigenvalue weighted by atomic mass is 16.2. The number of amides is 1. The lowest BCUT2D eigenvalue weighted by Gasteiger charge is -2.51. The largest absolute Gasteiger partial charge is 0.336 e. The lowest BCUT2D eigenvalue weighted by molar-refractivity contribution is -0.138. The smallest absolute Gasteiger partial charge is 0.241 e. The number of fused-ring (bicyclic) bond motifs is 2. The summed E-state index contributed by atoms with van der Waals surface area (Å²) in [6.07, 6.45) is 3.38. The minimum atomic E-state index is -0.0689. The number of nitrogens with one attached hydrogen (secondary N) is 2. The van der Waals surface area contributed by atoms with Gasteiger partial charge in [-0.25, -0.2) is 5.43 Å². The Kier molecular flexibility index (Phi) is 3.84. The summed E-state index contributed by atoms with van der Waals surface area (Å²) < 4.78 is 0. The molecule has 2 bridgehead atoms. The van der Waals surface area contributed by atoms with Gasteiger partial charge in [0.05, 0.1) is 6.04 Å². The minimum Gasteiger partial charge on any atom is -0.336 e. The normalized spacial score (nSPS) is 42.6. The first-order chi connectivity index (χ1) is 12.2. The molecule has 6 rings (SSSR count). The summed E-state index contributed by atoms with van der Waals surface area (Å²) in [7, 11) is 0. The van der Waals surface area contributed by atoms with Gasteiger partial charge in [0.1, 0.15) is 6.04 Å². The number of piperidine rings is 3. The Hall–Kier alpha value is -1.43. The molecule has 2 unspecified atom stereocenters. The van der Waals surface area contributed by atoms with Gasteiger partial charge >= 0.3 is 0 Å². The molecule has 1 amide bonds. The van der Waals surface area contributed by atoms with Crippen LogP contribution in [0.5, 0.6) is 0 Å². The highest BCUT2D eigenvalue weighted by Crippen LogP contribution is 2.46. The van der Waals surface area contributed by atoms with E-state index in [1.54, 1.807) is 0 Å². The van der Waals surface area contributed by atoms with Crippen LogP contribution in [0.25, 0.3) is 0 Å². The maximum Gasteiger partial charge on any atom is 0.241 e. The molecule has 5 saturated heterocycles. The molecule has 5 nitrogen and oxygen atoms in total. The van der Waals surface area contributed by atoms with Gasteiger partial charge < -0.3 is 4.90 Å². The average molecular weight is 340 g/mol. The summed E-state index contributed by atoms with van der Waals surface area (Å²) in [5.41, 5.74) is 7.83. The number of rotatable bonds is 2. The fourth-order valence-corrected chi connectivity index (χ4v) is 5.74. The van der Waals surface area contributed by atoms with Crippen molar-refractivity contribution >= 4 is 5.91 Å². The molecule has 0 radical (unpaired) electrons. The van der Waals surface area contributed by atoms with Crippen LogP contribution in [0, 0.1) is 5.92 Å². The number of hydrazine groups is 1. The molecule has 5 atom stereocenters. The monoisotopic (exact) mass is 340 g/mol. The number of likely N-dealkylation sites (tertiary alicyclic amines) is 1. The quantitative estimate of drug-likeness (QED) is 0.853. The van der Waals surface area contributed by atoms with Crippen LogP contribution in [-0.4, -0.2) is 59.5 Å². The van der Waals surface area contributed by atoms with Gasteiger partial charge in [-0.2, -0.15) is 0 Å². The third-order valence-electron chi connectivity index (χ3n) is 6.90. The van der Waals surface area contributed by atoms with Gasteiger partial charge in [-0.15, -0.1) is 0 Å². The summed E-state index contributed by atoms with van der Waals surface area (Å²) >= 11 is 0. The summed E-state index contributed by atoms with van der Waals surface area (Å²) in [4.78, 5) is 18.2. The SMILES string of the molecule is CC1CC(C(=O)N2C[C@H](c3ccccc3)[C@@H]3[C@H]2C2CCN3CC2)NN1. The topological polar surface area (TPSA) is 47.6 Å². The highest BCUT2D eigenvalue weighted by Gasteiger charge is 2.55. The van der Waals surface area contributed by atoms with E-state index in [-0.39, 0.29) is 6.04 Å². The Morgan fingerprint density at radius 1 is 1.08 bits per heavy atom. The third-order valence-corrected chi connectivity index (χ3v) is 6.90. The van der Waals surface area contributed by atoms with Crippen molar-refractivity contribution < 1.29 is 4.79 Å². The van der Waals surface area contributed by atoms with E-state index >= 15 is 0 Å². The van der Waals surface area contributed by atoms with Gasteiger partial charge in [0.25, 0.3) is 0 Å². The molecule has 5 heterocycles. The lowest BCUT2D eigenvalue weighted by Crippen LogP contribution is -2.62. The summed E-state index contributed by atoms with van der Waals surface area (Å²) in [6, 6.07) is 12.0. The molecule has 1 aromatic carbocycles. The first-order valence-corrected chi connectivity index (χ1v) is 9.83. The molecule has 5 aliphatic rings. The number of carbonyl (C=O) groups is 1. The molecule has 5 aliphatic heterocycles. The minimum absolute atomic E-state index is 0.0689. The second-order valence-corrected chi connectivity index (χ2v) is 8.34. The zero-order valence-corrected chi connectivity index (χ0v) is 14.9. The van der Waals surface area contributed by atoms with Crippen LogP contribution in [0.4, 0.5) is 0 Å². The Morgan fingerprint density at radius 2 is 1.84 bits per heavy atom. The van der Waals surface area contributed by atoms with E-state index in [1.165, 1.54) is 31.5 Å². The Balaban J connectivity index is 1.47. The van der Waals surface area contributed by atoms with Crippen molar-refractivity contribution in [1.82, 2.24) is 20.7 Å². The van der Waals surface area contributed by atoms with Gasteiger partial charge in [0, 0.05) is 24.5 Å². The predicted octanol–water partition coefficient (Wildman–Crippen LogP) is 1.33. The number of hydrogen-bond acceptors (Lipinski definition) is 4. The molecular formula is C20H28N4O. The van der Waals surface area contributed by atoms with Crippen LogP contribution in [0.15, 0.2) is 30.3 Å². The van der Waals surface area contributed by atoms with Crippen LogP contribution in [0.1, 0.15) is 37.7 Å². The second-order valence-electron chi connectivity index (χ2n) is 8.34. The summed E-state index contributed by atoms with van der Waals surface area (Å²) in [6.45, 7) is 5.42. The lowest BCUT2D eigenvalue weighted by atomic mass is 9.75. The Bertz CT molecular complexity index is 642. The number of carbonyl (C=O) groups excluding carboxylic acids is 1. The van der Waals surface area contributed by atoms with Crippen molar-refractivity contribution in [2.75, 3.05) is 19.6 Å². The maximum atomic E-state index is 13.3. The van der Waals surface area contributed by atoms with E-state index < -0.39 is 0 Å². The van der Waals surface area contributed by atoms with E-state index in [2.05, 4.69) is 57.9 Å². The second kappa shape index (κ2) is 6.08. The van der Waals surface area contributed by atoms with Crippen molar-refractivity contribution in [1.29, 1.82) is 0 Å². The maximum absolute atomic E-state index is 13.3. The fourth-order valence-electron chi connectivity index (χ4n) is 5.74. The van der Waals surface area contributed by atoms with Crippen LogP contribution in [-0.2, 0) is 4.79 Å². The zero-order valence-electron chi connectivity index (χ0n) is 14.9. The molecule has 25 heavy (non-hydrogen) atoms. The molecule has 2 N–H and O–H groups in total. The van der Waals surface area contributed by atoms with Gasteiger partial charge in [-0.3, -0.25) is 15.1 Å². The summed E-state index contributed by atoms with van der Waals surface area (Å²) in [5, 5.41) is 0. The van der Waals surface area contributed by atoms with Crippen molar-refractivity contribution in [3.8, 4) is 0 Å². The average Bonchev–Trinajstić information content (AvgIpc) is 3.28. The molecular weight excluding hydrogens is 312 g/mol. The third kappa shape index (κ3) is 2.52. The van der Waals surface area contributed by atoms with Gasteiger partial charge in [-0.1, -0.05) is 30.3 Å². The first-order valence-electron chi connectivity index (χ1n) is 9.83. The molecule has 5 heteroatoms. The van der Waals surface area contributed by atoms with Crippen LogP contribution in [0.2, 0.25) is 0 Å². The van der Waals surface area contributed by atoms with Crippen molar-refractivity contribution in [3.63, 3.8) is 0 Å². The Morgan fingerprint density at radius 3 is 2.52 bits per heavy atom. The Labute approximate surface area is 149 Å². The first kappa shape index (κ1) is 15.8. The molecule has 0 spiro atoms. The molecule has 5 fully saturated rings. The fraction of sp³-hybridized carbons (Fsp3) is 0.650. The molecule has 1 aromatic rings. The van der Waals surface area contributed by atoms with Crippen LogP contribution >= 0.6 is 0 Å². The summed E-state index contributed by atoms with van der Waals surface area (Å²) in [5.74, 6) is 1.43. The van der Waals surface area contributed by atoms with E-state index in [0.717, 1.165) is 13.0 Å². The van der Waals surface area contributed by atoms with E-state index in [1.807, 2.05) is 0 Å². The van der Waals surface area contributed by atoms with E-state index in [9.17, 15) is 4.79 Å². The van der Waals surface area contributed by atoms with Crippen LogP contribution < -0.4 is 10.9 Å². The van der Waals surface area contributed by atoms with E-state index in [4.69, 9.17) is 0 Å². The number of nitrogens with zero attached hydrogens (tertiary/aromatic N) is 2. The van der Waals surface area contributed by atoms with E-state index in [0.29, 0.717) is 35.9 Å². The molecule has 0 saturated carbocycles. The standard InChI is InChI=1S/C20H28N4O/c1-13-11-17(22-21-13)20(25)24-12-16(14-5-3-2-4-6-14)19-18(24)15-7-9-23(19)10-8-15/h2-6,13,15-19,21-22H,7-12H2,1H3/t13?,16-,17?,18-,19-/m1/s1. The van der Waals surface area contributed by atoms with Gasteiger partial charge in [0.2, 0.25) is 5.91 Å². The van der Waals surface area contributed by atoms with Crippen molar-refractivity contribution in [2.45, 2.75) is 56.3 Å². The van der Waals surface area contributed by atoms with Crippen molar-refractivity contribution in [3.05, 3.63) is 35.9 Å². The zero-order chi connectivity index (χ0) is 17.0. The molecule has 0 aromatic heterocycles. The highest BCUT2D eigenvalue weighted by molar-refractivity contribution is 5.83. The molecule has 0 aliphatic carbocycles. The predicted molar refractivity (Wildman–Crippen MR) is 96.9 cm³/mol. The molecule has 134 valence electrons. The van der Waals surface area contributed by atoms with Crippen LogP contribution in [0.3, 0.4) is 0 Å². The van der Waals surface area contributed by atoms with Crippen molar-refractivity contribution in [2.24, 2.45) is 5.92 Å². The number of hydrogen-bond donors (Lipinski definition) is 2.